The molecule has 0 saturated carbocycles. The van der Waals surface area contributed by atoms with Crippen LogP contribution in [0.15, 0.2) is 22.6 Å². The van der Waals surface area contributed by atoms with Crippen LogP contribution >= 0.6 is 11.6 Å². The van der Waals surface area contributed by atoms with Gasteiger partial charge in [-0.1, -0.05) is 17.7 Å². The van der Waals surface area contributed by atoms with Crippen LogP contribution < -0.4 is 0 Å². The average Bonchev–Trinajstić information content (AvgIpc) is 2.73. The summed E-state index contributed by atoms with van der Waals surface area (Å²) in [5, 5.41) is 18.0. The molecule has 0 saturated heterocycles. The van der Waals surface area contributed by atoms with Crippen LogP contribution in [0.2, 0.25) is 5.02 Å². The number of rotatable bonds is 3. The molecule has 0 bridgehead atoms. The molecule has 1 aromatic heterocycles. The van der Waals surface area contributed by atoms with Crippen LogP contribution in [-0.4, -0.2) is 27.1 Å². The summed E-state index contributed by atoms with van der Waals surface area (Å²) in [6.07, 6.45) is 0. The minimum atomic E-state index is -1.50. The van der Waals surface area contributed by atoms with E-state index in [1.54, 1.807) is 18.2 Å². The normalized spacial score (nSPS) is 10.4. The van der Waals surface area contributed by atoms with E-state index in [2.05, 4.69) is 4.98 Å². The third-order valence-electron chi connectivity index (χ3n) is 2.38. The fourth-order valence-corrected chi connectivity index (χ4v) is 1.83. The Labute approximate surface area is 112 Å². The summed E-state index contributed by atoms with van der Waals surface area (Å²) in [7, 11) is 0. The Kier molecular flexibility index (Phi) is 3.26. The van der Waals surface area contributed by atoms with E-state index in [1.807, 2.05) is 6.92 Å². The largest absolute Gasteiger partial charge is 0.476 e. The average molecular weight is 282 g/mol. The highest BCUT2D eigenvalue weighted by Crippen LogP contribution is 2.29. The molecule has 0 fully saturated rings. The number of hydrogen-bond acceptors (Lipinski definition) is 4. The molecule has 1 aromatic carbocycles. The molecule has 19 heavy (non-hydrogen) atoms. The zero-order valence-corrected chi connectivity index (χ0v) is 10.4. The molecule has 0 radical (unpaired) electrons. The van der Waals surface area contributed by atoms with Crippen LogP contribution in [0.4, 0.5) is 0 Å². The van der Waals surface area contributed by atoms with Gasteiger partial charge in [-0.15, -0.1) is 0 Å². The van der Waals surface area contributed by atoms with Gasteiger partial charge < -0.3 is 14.6 Å². The summed E-state index contributed by atoms with van der Waals surface area (Å²) in [5.74, 6) is -3.84. The van der Waals surface area contributed by atoms with Gasteiger partial charge in [-0.3, -0.25) is 0 Å². The van der Waals surface area contributed by atoms with Gasteiger partial charge in [-0.25, -0.2) is 14.6 Å². The van der Waals surface area contributed by atoms with Crippen LogP contribution in [0.25, 0.3) is 11.5 Å². The number of hydrogen-bond donors (Lipinski definition) is 2. The number of oxazole rings is 1. The third kappa shape index (κ3) is 2.43. The van der Waals surface area contributed by atoms with Crippen molar-refractivity contribution in [1.29, 1.82) is 0 Å². The van der Waals surface area contributed by atoms with Gasteiger partial charge in [-0.05, 0) is 24.6 Å². The molecule has 6 nitrogen and oxygen atoms in total. The lowest BCUT2D eigenvalue weighted by Crippen LogP contribution is -2.05. The Morgan fingerprint density at radius 3 is 2.42 bits per heavy atom. The lowest BCUT2D eigenvalue weighted by atomic mass is 10.1. The van der Waals surface area contributed by atoms with Gasteiger partial charge in [-0.2, -0.15) is 0 Å². The van der Waals surface area contributed by atoms with Crippen molar-refractivity contribution in [2.45, 2.75) is 6.92 Å². The molecule has 0 unspecified atom stereocenters. The van der Waals surface area contributed by atoms with Crippen molar-refractivity contribution >= 4 is 23.5 Å². The summed E-state index contributed by atoms with van der Waals surface area (Å²) < 4.78 is 4.97. The first-order chi connectivity index (χ1) is 8.90. The van der Waals surface area contributed by atoms with Crippen molar-refractivity contribution in [3.63, 3.8) is 0 Å². The summed E-state index contributed by atoms with van der Waals surface area (Å²) in [5.41, 5.74) is 0.582. The number of benzene rings is 1. The first-order valence-corrected chi connectivity index (χ1v) is 5.52. The highest BCUT2D eigenvalue weighted by Gasteiger charge is 2.26. The zero-order chi connectivity index (χ0) is 14.2. The fraction of sp³-hybridized carbons (Fsp3) is 0.0833. The van der Waals surface area contributed by atoms with E-state index < -0.39 is 23.4 Å². The number of nitrogens with zero attached hydrogens (tertiary/aromatic N) is 1. The zero-order valence-electron chi connectivity index (χ0n) is 9.68. The molecule has 0 aliphatic carbocycles. The number of carbonyl (C=O) groups is 2. The molecule has 0 aliphatic rings. The molecule has 2 aromatic rings. The highest BCUT2D eigenvalue weighted by atomic mass is 35.5. The number of halogens is 1. The summed E-state index contributed by atoms with van der Waals surface area (Å²) >= 11 is 5.99. The van der Waals surface area contributed by atoms with E-state index >= 15 is 0 Å². The number of carboxylic acid groups (broad SMARTS) is 2. The second-order valence-corrected chi connectivity index (χ2v) is 4.20. The van der Waals surface area contributed by atoms with Crippen LogP contribution in [0.5, 0.6) is 0 Å². The minimum absolute atomic E-state index is 0.139. The van der Waals surface area contributed by atoms with Crippen molar-refractivity contribution in [1.82, 2.24) is 4.98 Å². The summed E-state index contributed by atoms with van der Waals surface area (Å²) in [4.78, 5) is 25.4. The van der Waals surface area contributed by atoms with E-state index in [4.69, 9.17) is 26.2 Å². The topological polar surface area (TPSA) is 101 Å². The molecular formula is C12H8ClNO5. The smallest absolute Gasteiger partial charge is 0.374 e. The third-order valence-corrected chi connectivity index (χ3v) is 2.69. The molecule has 2 rings (SSSR count). The molecule has 0 atom stereocenters. The summed E-state index contributed by atoms with van der Waals surface area (Å²) in [6.45, 7) is 1.83. The van der Waals surface area contributed by atoms with E-state index in [0.29, 0.717) is 10.6 Å². The Bertz CT molecular complexity index is 645. The van der Waals surface area contributed by atoms with Gasteiger partial charge in [0.1, 0.15) is 0 Å². The number of carboxylic acids is 2. The van der Waals surface area contributed by atoms with E-state index in [0.717, 1.165) is 5.56 Å². The van der Waals surface area contributed by atoms with Crippen molar-refractivity contribution in [3.8, 4) is 11.5 Å². The number of aryl methyl sites for hydroxylation is 1. The summed E-state index contributed by atoms with van der Waals surface area (Å²) in [6, 6.07) is 4.95. The fourth-order valence-electron chi connectivity index (χ4n) is 1.52. The lowest BCUT2D eigenvalue weighted by molar-refractivity contribution is 0.0624. The first kappa shape index (κ1) is 13.1. The highest BCUT2D eigenvalue weighted by molar-refractivity contribution is 6.33. The maximum absolute atomic E-state index is 10.9. The quantitative estimate of drug-likeness (QED) is 0.897. The number of aromatic carboxylic acids is 2. The van der Waals surface area contributed by atoms with Crippen LogP contribution in [-0.2, 0) is 0 Å². The van der Waals surface area contributed by atoms with Crippen LogP contribution in [0.1, 0.15) is 26.6 Å². The van der Waals surface area contributed by atoms with Gasteiger partial charge in [0.05, 0.1) is 10.6 Å². The van der Waals surface area contributed by atoms with Gasteiger partial charge in [0.15, 0.2) is 0 Å². The Hall–Kier alpha value is -2.34. The molecule has 1 heterocycles. The molecule has 98 valence electrons. The van der Waals surface area contributed by atoms with Crippen molar-refractivity contribution in [2.75, 3.05) is 0 Å². The molecule has 0 spiro atoms. The molecule has 0 aliphatic heterocycles. The van der Waals surface area contributed by atoms with Crippen molar-refractivity contribution < 1.29 is 24.2 Å². The monoisotopic (exact) mass is 281 g/mol. The maximum atomic E-state index is 10.9. The number of aromatic nitrogens is 1. The second-order valence-electron chi connectivity index (χ2n) is 3.79. The Morgan fingerprint density at radius 2 is 1.95 bits per heavy atom. The van der Waals surface area contributed by atoms with Crippen molar-refractivity contribution in [2.24, 2.45) is 0 Å². The van der Waals surface area contributed by atoms with Gasteiger partial charge in [0, 0.05) is 0 Å². The van der Waals surface area contributed by atoms with Gasteiger partial charge >= 0.3 is 11.9 Å². The molecular weight excluding hydrogens is 274 g/mol. The van der Waals surface area contributed by atoms with Crippen LogP contribution in [0, 0.1) is 6.92 Å². The molecule has 0 amide bonds. The predicted molar refractivity (Wildman–Crippen MR) is 65.6 cm³/mol. The minimum Gasteiger partial charge on any atom is -0.476 e. The SMILES string of the molecule is Cc1ccc(-c2nc(C(=O)O)c(C(=O)O)o2)c(Cl)c1. The second kappa shape index (κ2) is 4.74. The van der Waals surface area contributed by atoms with E-state index in [-0.39, 0.29) is 5.89 Å². The predicted octanol–water partition coefficient (Wildman–Crippen LogP) is 2.70. The lowest BCUT2D eigenvalue weighted by Gasteiger charge is -2.00. The van der Waals surface area contributed by atoms with E-state index in [1.165, 1.54) is 0 Å². The van der Waals surface area contributed by atoms with Gasteiger partial charge in [0.2, 0.25) is 17.3 Å². The van der Waals surface area contributed by atoms with E-state index in [9.17, 15) is 9.59 Å². The van der Waals surface area contributed by atoms with Gasteiger partial charge in [0.25, 0.3) is 0 Å². The maximum Gasteiger partial charge on any atom is 0.374 e. The standard InChI is InChI=1S/C12H8ClNO5/c1-5-2-3-6(7(13)4-5)10-14-8(11(15)16)9(19-10)12(17)18/h2-4H,1H3,(H,15,16)(H,17,18). The Morgan fingerprint density at radius 1 is 1.26 bits per heavy atom. The first-order valence-electron chi connectivity index (χ1n) is 5.14. The van der Waals surface area contributed by atoms with Crippen molar-refractivity contribution in [3.05, 3.63) is 40.2 Å². The molecule has 2 N–H and O–H groups in total. The van der Waals surface area contributed by atoms with Crippen LogP contribution in [0.3, 0.4) is 0 Å². The molecule has 7 heteroatoms. The Balaban J connectivity index is 2.60.